The third-order valence-corrected chi connectivity index (χ3v) is 1.40. The Morgan fingerprint density at radius 2 is 2.08 bits per heavy atom. The van der Waals surface area contributed by atoms with E-state index >= 15 is 0 Å². The maximum Gasteiger partial charge on any atom is 0.281 e. The first kappa shape index (κ1) is 9.50. The number of hydrogen-bond acceptors (Lipinski definition) is 2. The highest BCUT2D eigenvalue weighted by molar-refractivity contribution is 5.73. The van der Waals surface area contributed by atoms with Gasteiger partial charge in [0.1, 0.15) is 11.5 Å². The van der Waals surface area contributed by atoms with Gasteiger partial charge in [0.05, 0.1) is 5.56 Å². The van der Waals surface area contributed by atoms with Gasteiger partial charge >= 0.3 is 0 Å². The number of carbonyl (C=O) groups is 1. The fourth-order valence-electron chi connectivity index (χ4n) is 0.780. The van der Waals surface area contributed by atoms with Gasteiger partial charge in [-0.05, 0) is 6.07 Å². The Hall–Kier alpha value is -1.59. The van der Waals surface area contributed by atoms with Gasteiger partial charge in [0.2, 0.25) is 0 Å². The molecule has 0 aliphatic rings. The number of aromatic nitrogens is 1. The number of alkyl halides is 2. The highest BCUT2D eigenvalue weighted by Gasteiger charge is 2.15. The Kier molecular flexibility index (Phi) is 2.50. The van der Waals surface area contributed by atoms with Crippen LogP contribution in [-0.4, -0.2) is 11.3 Å². The van der Waals surface area contributed by atoms with Crippen molar-refractivity contribution in [3.8, 4) is 0 Å². The molecule has 0 aliphatic carbocycles. The molecule has 70 valence electrons. The molecule has 0 saturated heterocycles. The van der Waals surface area contributed by atoms with Gasteiger partial charge < -0.3 is 4.98 Å². The number of hydrogen-bond donors (Lipinski definition) is 1. The van der Waals surface area contributed by atoms with E-state index in [2.05, 4.69) is 0 Å². The number of aldehydes is 1. The van der Waals surface area contributed by atoms with Crippen molar-refractivity contribution in [2.75, 3.05) is 0 Å². The van der Waals surface area contributed by atoms with Crippen molar-refractivity contribution in [3.63, 3.8) is 0 Å². The number of aromatic amines is 1. The molecule has 0 aliphatic heterocycles. The zero-order chi connectivity index (χ0) is 10.0. The molecular formula is C7H4F3NO2. The summed E-state index contributed by atoms with van der Waals surface area (Å²) in [4.78, 5) is 22.4. The normalized spacial score (nSPS) is 10.5. The van der Waals surface area contributed by atoms with Crippen molar-refractivity contribution in [2.24, 2.45) is 0 Å². The molecule has 1 heterocycles. The molecule has 0 bridgehead atoms. The number of nitrogens with one attached hydrogen (secondary N) is 1. The maximum absolute atomic E-state index is 12.7. The van der Waals surface area contributed by atoms with Crippen molar-refractivity contribution < 1.29 is 18.0 Å². The summed E-state index contributed by atoms with van der Waals surface area (Å²) in [5.74, 6) is -1.29. The average Bonchev–Trinajstić information content (AvgIpc) is 2.07. The number of H-pyrrole nitrogens is 1. The third-order valence-electron chi connectivity index (χ3n) is 1.40. The monoisotopic (exact) mass is 191 g/mol. The molecule has 0 saturated carbocycles. The van der Waals surface area contributed by atoms with E-state index in [-0.39, 0.29) is 6.29 Å². The standard InChI is InChI=1S/C7H4F3NO2/c8-4-1-3(2-12)7(13)11-5(4)6(9)10/h1-2,6H,(H,11,13). The minimum atomic E-state index is -3.10. The number of rotatable bonds is 2. The highest BCUT2D eigenvalue weighted by atomic mass is 19.3. The Labute approximate surface area is 70.2 Å². The summed E-state index contributed by atoms with van der Waals surface area (Å²) in [6.45, 7) is 0. The van der Waals surface area contributed by atoms with Crippen LogP contribution in [0.15, 0.2) is 10.9 Å². The lowest BCUT2D eigenvalue weighted by Crippen LogP contribution is -2.16. The van der Waals surface area contributed by atoms with E-state index in [9.17, 15) is 22.8 Å². The van der Waals surface area contributed by atoms with Crippen LogP contribution in [-0.2, 0) is 0 Å². The van der Waals surface area contributed by atoms with E-state index in [0.29, 0.717) is 6.07 Å². The minimum Gasteiger partial charge on any atom is -0.318 e. The van der Waals surface area contributed by atoms with Gasteiger partial charge in [0, 0.05) is 0 Å². The molecule has 0 atom stereocenters. The lowest BCUT2D eigenvalue weighted by Gasteiger charge is -2.00. The third kappa shape index (κ3) is 1.77. The summed E-state index contributed by atoms with van der Waals surface area (Å²) in [6.07, 6.45) is -3.01. The summed E-state index contributed by atoms with van der Waals surface area (Å²) in [7, 11) is 0. The molecule has 0 aromatic carbocycles. The average molecular weight is 191 g/mol. The van der Waals surface area contributed by atoms with Crippen molar-refractivity contribution >= 4 is 6.29 Å². The quantitative estimate of drug-likeness (QED) is 0.715. The Bertz CT molecular complexity index is 386. The van der Waals surface area contributed by atoms with Gasteiger partial charge in [0.25, 0.3) is 12.0 Å². The molecule has 0 amide bonds. The van der Waals surface area contributed by atoms with Gasteiger partial charge in [-0.1, -0.05) is 0 Å². The van der Waals surface area contributed by atoms with Crippen LogP contribution in [0.25, 0.3) is 0 Å². The zero-order valence-corrected chi connectivity index (χ0v) is 6.18. The van der Waals surface area contributed by atoms with Crippen LogP contribution in [0.5, 0.6) is 0 Å². The highest BCUT2D eigenvalue weighted by Crippen LogP contribution is 2.17. The number of carbonyl (C=O) groups excluding carboxylic acids is 1. The topological polar surface area (TPSA) is 49.9 Å². The van der Waals surface area contributed by atoms with Crippen LogP contribution in [0.4, 0.5) is 13.2 Å². The van der Waals surface area contributed by atoms with Gasteiger partial charge in [-0.25, -0.2) is 13.2 Å². The van der Waals surface area contributed by atoms with Crippen molar-refractivity contribution in [1.29, 1.82) is 0 Å². The van der Waals surface area contributed by atoms with E-state index in [1.165, 1.54) is 0 Å². The largest absolute Gasteiger partial charge is 0.318 e. The van der Waals surface area contributed by atoms with E-state index in [1.807, 2.05) is 0 Å². The van der Waals surface area contributed by atoms with E-state index in [1.54, 1.807) is 4.98 Å². The molecule has 6 heteroatoms. The van der Waals surface area contributed by atoms with E-state index in [0.717, 1.165) is 0 Å². The summed E-state index contributed by atoms with van der Waals surface area (Å²) >= 11 is 0. The summed E-state index contributed by atoms with van der Waals surface area (Å²) < 4.78 is 36.5. The minimum absolute atomic E-state index is 0.0944. The fraction of sp³-hybridized carbons (Fsp3) is 0.143. The first-order valence-electron chi connectivity index (χ1n) is 3.22. The molecule has 13 heavy (non-hydrogen) atoms. The SMILES string of the molecule is O=Cc1cc(F)c(C(F)F)[nH]c1=O. The molecule has 0 unspecified atom stereocenters. The van der Waals surface area contributed by atoms with E-state index < -0.39 is 29.1 Å². The van der Waals surface area contributed by atoms with Crippen molar-refractivity contribution in [3.05, 3.63) is 33.5 Å². The number of halogens is 3. The lowest BCUT2D eigenvalue weighted by molar-refractivity contribution is 0.111. The van der Waals surface area contributed by atoms with Crippen molar-refractivity contribution in [1.82, 2.24) is 4.98 Å². The Morgan fingerprint density at radius 3 is 2.54 bits per heavy atom. The van der Waals surface area contributed by atoms with Crippen molar-refractivity contribution in [2.45, 2.75) is 6.43 Å². The van der Waals surface area contributed by atoms with Gasteiger partial charge in [0.15, 0.2) is 6.29 Å². The van der Waals surface area contributed by atoms with Crippen LogP contribution in [0, 0.1) is 5.82 Å². The first-order chi connectivity index (χ1) is 6.06. The predicted octanol–water partition coefficient (Wildman–Crippen LogP) is 1.26. The molecule has 1 aromatic heterocycles. The molecule has 0 fully saturated rings. The summed E-state index contributed by atoms with van der Waals surface area (Å²) in [6, 6.07) is 0.479. The molecule has 3 nitrogen and oxygen atoms in total. The molecule has 1 N–H and O–H groups in total. The maximum atomic E-state index is 12.7. The summed E-state index contributed by atoms with van der Waals surface area (Å²) in [5.41, 5.74) is -2.64. The fourth-order valence-corrected chi connectivity index (χ4v) is 0.780. The van der Waals surface area contributed by atoms with Crippen LogP contribution >= 0.6 is 0 Å². The molecular weight excluding hydrogens is 187 g/mol. The van der Waals surface area contributed by atoms with Crippen LogP contribution in [0.3, 0.4) is 0 Å². The molecule has 1 rings (SSSR count). The smallest absolute Gasteiger partial charge is 0.281 e. The van der Waals surface area contributed by atoms with Gasteiger partial charge in [-0.15, -0.1) is 0 Å². The van der Waals surface area contributed by atoms with Crippen LogP contribution in [0.2, 0.25) is 0 Å². The zero-order valence-electron chi connectivity index (χ0n) is 6.18. The molecule has 0 spiro atoms. The lowest BCUT2D eigenvalue weighted by atomic mass is 10.2. The second kappa shape index (κ2) is 3.42. The Balaban J connectivity index is 3.37. The van der Waals surface area contributed by atoms with Gasteiger partial charge in [-0.3, -0.25) is 9.59 Å². The van der Waals surface area contributed by atoms with Crippen LogP contribution in [0.1, 0.15) is 22.5 Å². The molecule has 1 aromatic rings. The molecule has 0 radical (unpaired) electrons. The number of pyridine rings is 1. The first-order valence-corrected chi connectivity index (χ1v) is 3.22. The summed E-state index contributed by atoms with van der Waals surface area (Å²) in [5, 5.41) is 0. The Morgan fingerprint density at radius 1 is 1.46 bits per heavy atom. The van der Waals surface area contributed by atoms with E-state index in [4.69, 9.17) is 0 Å². The van der Waals surface area contributed by atoms with Gasteiger partial charge in [-0.2, -0.15) is 0 Å². The predicted molar refractivity (Wildman–Crippen MR) is 37.4 cm³/mol. The second-order valence-electron chi connectivity index (χ2n) is 2.23. The second-order valence-corrected chi connectivity index (χ2v) is 2.23. The van der Waals surface area contributed by atoms with Crippen LogP contribution < -0.4 is 5.56 Å².